The zero-order chi connectivity index (χ0) is 20.4. The van der Waals surface area contributed by atoms with Crippen LogP contribution in [-0.2, 0) is 4.79 Å². The van der Waals surface area contributed by atoms with Crippen LogP contribution in [0.5, 0.6) is 0 Å². The Labute approximate surface area is 174 Å². The van der Waals surface area contributed by atoms with E-state index in [1.807, 2.05) is 42.0 Å². The van der Waals surface area contributed by atoms with Crippen LogP contribution >= 0.6 is 11.6 Å². The summed E-state index contributed by atoms with van der Waals surface area (Å²) < 4.78 is 1.92. The highest BCUT2D eigenvalue weighted by Gasteiger charge is 2.24. The molecule has 7 heteroatoms. The molecule has 1 aliphatic rings. The molecule has 1 aliphatic heterocycles. The molecule has 0 aliphatic carbocycles. The lowest BCUT2D eigenvalue weighted by Crippen LogP contribution is -2.28. The van der Waals surface area contributed by atoms with E-state index in [1.54, 1.807) is 35.6 Å². The van der Waals surface area contributed by atoms with E-state index in [0.717, 1.165) is 17.7 Å². The number of anilines is 1. The first kappa shape index (κ1) is 19.2. The van der Waals surface area contributed by atoms with E-state index in [9.17, 15) is 9.59 Å². The second-order valence-corrected chi connectivity index (χ2v) is 7.48. The number of halogens is 1. The average Bonchev–Trinajstić information content (AvgIpc) is 3.40. The fraction of sp³-hybridized carbons (Fsp3) is 0.227. The van der Waals surface area contributed by atoms with Gasteiger partial charge in [-0.1, -0.05) is 23.7 Å². The van der Waals surface area contributed by atoms with Crippen LogP contribution in [0.3, 0.4) is 0 Å². The number of nitrogens with zero attached hydrogens (tertiary/aromatic N) is 3. The maximum Gasteiger partial charge on any atom is 0.251 e. The summed E-state index contributed by atoms with van der Waals surface area (Å²) in [5.41, 5.74) is 3.07. The van der Waals surface area contributed by atoms with Crippen molar-refractivity contribution in [2.45, 2.75) is 25.8 Å². The van der Waals surface area contributed by atoms with Gasteiger partial charge in [0.25, 0.3) is 5.91 Å². The number of hydrogen-bond donors (Lipinski definition) is 1. The van der Waals surface area contributed by atoms with Gasteiger partial charge in [-0.05, 0) is 49.2 Å². The molecule has 2 aromatic carbocycles. The number of benzene rings is 2. The van der Waals surface area contributed by atoms with Crippen LogP contribution in [0.2, 0.25) is 5.02 Å². The molecule has 1 N–H and O–H groups in total. The van der Waals surface area contributed by atoms with E-state index in [0.29, 0.717) is 29.2 Å². The van der Waals surface area contributed by atoms with Crippen molar-refractivity contribution in [2.75, 3.05) is 11.4 Å². The largest absolute Gasteiger partial charge is 0.346 e. The summed E-state index contributed by atoms with van der Waals surface area (Å²) in [6.45, 7) is 2.56. The number of carbonyl (C=O) groups excluding carboxylic acids is 2. The third-order valence-corrected chi connectivity index (χ3v) is 5.44. The number of carbonyl (C=O) groups is 2. The summed E-state index contributed by atoms with van der Waals surface area (Å²) in [6.07, 6.45) is 6.66. The lowest BCUT2D eigenvalue weighted by molar-refractivity contribution is -0.117. The van der Waals surface area contributed by atoms with Gasteiger partial charge in [0.2, 0.25) is 5.91 Å². The van der Waals surface area contributed by atoms with Crippen LogP contribution in [0.4, 0.5) is 5.69 Å². The topological polar surface area (TPSA) is 67.2 Å². The maximum atomic E-state index is 12.8. The van der Waals surface area contributed by atoms with Gasteiger partial charge >= 0.3 is 0 Å². The fourth-order valence-corrected chi connectivity index (χ4v) is 3.69. The molecule has 1 aromatic heterocycles. The molecule has 6 nitrogen and oxygen atoms in total. The predicted octanol–water partition coefficient (Wildman–Crippen LogP) is 4.14. The van der Waals surface area contributed by atoms with Gasteiger partial charge in [-0.15, -0.1) is 0 Å². The number of amides is 2. The molecule has 0 saturated carbocycles. The Morgan fingerprint density at radius 3 is 2.66 bits per heavy atom. The summed E-state index contributed by atoms with van der Waals surface area (Å²) in [7, 11) is 0. The van der Waals surface area contributed by atoms with E-state index in [-0.39, 0.29) is 17.9 Å². The van der Waals surface area contributed by atoms with Crippen LogP contribution in [0.15, 0.2) is 61.2 Å². The normalized spacial score (nSPS) is 14.8. The van der Waals surface area contributed by atoms with Crippen molar-refractivity contribution in [3.63, 3.8) is 0 Å². The molecule has 1 saturated heterocycles. The van der Waals surface area contributed by atoms with E-state index >= 15 is 0 Å². The molecular weight excluding hydrogens is 388 g/mol. The molecular formula is C22H21ClN4O2. The molecule has 4 rings (SSSR count). The molecule has 0 unspecified atom stereocenters. The molecule has 148 valence electrons. The lowest BCUT2D eigenvalue weighted by atomic mass is 10.1. The number of nitrogens with one attached hydrogen (secondary N) is 1. The molecule has 1 fully saturated rings. The fourth-order valence-electron chi connectivity index (χ4n) is 3.47. The quantitative estimate of drug-likeness (QED) is 0.689. The number of aromatic nitrogens is 2. The summed E-state index contributed by atoms with van der Waals surface area (Å²) in [5.74, 6) is -0.170. The highest BCUT2D eigenvalue weighted by molar-refractivity contribution is 6.34. The molecule has 2 heterocycles. The van der Waals surface area contributed by atoms with Crippen molar-refractivity contribution in [3.05, 3.63) is 77.3 Å². The van der Waals surface area contributed by atoms with Crippen LogP contribution in [-0.4, -0.2) is 27.9 Å². The van der Waals surface area contributed by atoms with Gasteiger partial charge in [-0.2, -0.15) is 0 Å². The molecule has 29 heavy (non-hydrogen) atoms. The van der Waals surface area contributed by atoms with Crippen molar-refractivity contribution >= 4 is 29.1 Å². The highest BCUT2D eigenvalue weighted by Crippen LogP contribution is 2.30. The molecule has 2 amide bonds. The predicted molar refractivity (Wildman–Crippen MR) is 112 cm³/mol. The minimum Gasteiger partial charge on any atom is -0.346 e. The van der Waals surface area contributed by atoms with Crippen molar-refractivity contribution in [1.29, 1.82) is 0 Å². The van der Waals surface area contributed by atoms with E-state index in [2.05, 4.69) is 10.3 Å². The SMILES string of the molecule is C[C@@H](NC(=O)c1ccc(Cl)c(N2CCCC2=O)c1)c1ccc(-n2ccnc2)cc1. The summed E-state index contributed by atoms with van der Waals surface area (Å²) in [5, 5.41) is 3.48. The van der Waals surface area contributed by atoms with E-state index in [4.69, 9.17) is 11.6 Å². The standard InChI is InChI=1S/C22H21ClN4O2/c1-15(16-4-7-18(8-5-16)26-12-10-24-14-26)25-22(29)17-6-9-19(23)20(13-17)27-11-2-3-21(27)28/h4-10,12-15H,2-3,11H2,1H3,(H,25,29)/t15-/m1/s1. The van der Waals surface area contributed by atoms with Crippen molar-refractivity contribution in [1.82, 2.24) is 14.9 Å². The third kappa shape index (κ3) is 4.03. The first-order valence-electron chi connectivity index (χ1n) is 9.52. The van der Waals surface area contributed by atoms with Gasteiger partial charge in [0.1, 0.15) is 0 Å². The highest BCUT2D eigenvalue weighted by atomic mass is 35.5. The Kier molecular flexibility index (Phi) is 5.36. The third-order valence-electron chi connectivity index (χ3n) is 5.12. The van der Waals surface area contributed by atoms with Crippen molar-refractivity contribution < 1.29 is 9.59 Å². The zero-order valence-corrected chi connectivity index (χ0v) is 16.8. The lowest BCUT2D eigenvalue weighted by Gasteiger charge is -2.19. The van der Waals surface area contributed by atoms with Gasteiger partial charge in [0.05, 0.1) is 23.1 Å². The first-order valence-corrected chi connectivity index (χ1v) is 9.90. The Hall–Kier alpha value is -3.12. The second-order valence-electron chi connectivity index (χ2n) is 7.07. The molecule has 1 atom stereocenters. The van der Waals surface area contributed by atoms with Crippen molar-refractivity contribution in [2.24, 2.45) is 0 Å². The Morgan fingerprint density at radius 2 is 2.00 bits per heavy atom. The van der Waals surface area contributed by atoms with Crippen LogP contribution < -0.4 is 10.2 Å². The molecule has 0 spiro atoms. The van der Waals surface area contributed by atoms with E-state index < -0.39 is 0 Å². The minimum atomic E-state index is -0.208. The first-order chi connectivity index (χ1) is 14.0. The van der Waals surface area contributed by atoms with Gasteiger partial charge in [-0.25, -0.2) is 4.98 Å². The van der Waals surface area contributed by atoms with Crippen LogP contribution in [0, 0.1) is 0 Å². The summed E-state index contributed by atoms with van der Waals surface area (Å²) in [6, 6.07) is 12.8. The van der Waals surface area contributed by atoms with E-state index in [1.165, 1.54) is 0 Å². The molecule has 0 radical (unpaired) electrons. The Morgan fingerprint density at radius 1 is 1.21 bits per heavy atom. The minimum absolute atomic E-state index is 0.0378. The van der Waals surface area contributed by atoms with Crippen LogP contribution in [0.25, 0.3) is 5.69 Å². The molecule has 0 bridgehead atoms. The number of rotatable bonds is 5. The molecule has 3 aromatic rings. The maximum absolute atomic E-state index is 12.8. The van der Waals surface area contributed by atoms with Crippen molar-refractivity contribution in [3.8, 4) is 5.69 Å². The zero-order valence-electron chi connectivity index (χ0n) is 16.0. The van der Waals surface area contributed by atoms with Crippen LogP contribution in [0.1, 0.15) is 41.7 Å². The number of hydrogen-bond acceptors (Lipinski definition) is 3. The van der Waals surface area contributed by atoms with Gasteiger partial charge in [0.15, 0.2) is 0 Å². The number of imidazole rings is 1. The Bertz CT molecular complexity index is 1030. The van der Waals surface area contributed by atoms with Gasteiger partial charge in [0, 0.05) is 36.6 Å². The van der Waals surface area contributed by atoms with Gasteiger partial charge in [-0.3, -0.25) is 9.59 Å². The average molecular weight is 409 g/mol. The monoisotopic (exact) mass is 408 g/mol. The summed E-state index contributed by atoms with van der Waals surface area (Å²) in [4.78, 5) is 30.5. The van der Waals surface area contributed by atoms with Gasteiger partial charge < -0.3 is 14.8 Å². The second kappa shape index (κ2) is 8.09. The smallest absolute Gasteiger partial charge is 0.251 e. The Balaban J connectivity index is 1.48. The summed E-state index contributed by atoms with van der Waals surface area (Å²) >= 11 is 6.27.